The summed E-state index contributed by atoms with van der Waals surface area (Å²) in [6.07, 6.45) is -1.79. The molecule has 1 aromatic heterocycles. The number of halogens is 3. The van der Waals surface area contributed by atoms with Gasteiger partial charge in [0.05, 0.1) is 26.7 Å². The van der Waals surface area contributed by atoms with Crippen LogP contribution in [0.4, 0.5) is 13.2 Å². The zero-order chi connectivity index (χ0) is 29.7. The molecule has 0 fully saturated rings. The highest BCUT2D eigenvalue weighted by Gasteiger charge is 2.40. The van der Waals surface area contributed by atoms with Crippen molar-refractivity contribution < 1.29 is 46.1 Å². The molecule has 0 saturated carbocycles. The van der Waals surface area contributed by atoms with Crippen LogP contribution in [0.15, 0.2) is 69.9 Å². The van der Waals surface area contributed by atoms with Gasteiger partial charge in [0.15, 0.2) is 11.5 Å². The number of rotatable bonds is 9. The number of fused-ring (bicyclic) bond motifs is 1. The molecule has 0 bridgehead atoms. The van der Waals surface area contributed by atoms with E-state index in [9.17, 15) is 22.8 Å². The van der Waals surface area contributed by atoms with Gasteiger partial charge >= 0.3 is 12.1 Å². The van der Waals surface area contributed by atoms with E-state index in [2.05, 4.69) is 0 Å². The predicted molar refractivity (Wildman–Crippen MR) is 144 cm³/mol. The molecule has 0 saturated heterocycles. The van der Waals surface area contributed by atoms with Crippen LogP contribution in [-0.4, -0.2) is 27.3 Å². The van der Waals surface area contributed by atoms with E-state index in [4.69, 9.17) is 28.1 Å². The number of esters is 1. The van der Waals surface area contributed by atoms with Gasteiger partial charge in [0.1, 0.15) is 17.1 Å². The zero-order valence-corrected chi connectivity index (χ0v) is 22.5. The summed E-state index contributed by atoms with van der Waals surface area (Å²) in [7, 11) is 4.34. The summed E-state index contributed by atoms with van der Waals surface area (Å²) in [6, 6.07) is 13.0. The first kappa shape index (κ1) is 29.1. The molecule has 3 aromatic carbocycles. The summed E-state index contributed by atoms with van der Waals surface area (Å²) in [4.78, 5) is 25.5. The summed E-state index contributed by atoms with van der Waals surface area (Å²) in [5.41, 5.74) is 0.000170. The SMILES string of the molecule is CCc1ccc(Oc2c(C(F)(F)F)oc3cc(OC(=O)C=Cc4cc(OC)c(OC)c(OC)c4)ccc3c2=O)cc1. The molecule has 0 amide bonds. The lowest BCUT2D eigenvalue weighted by Crippen LogP contribution is -2.15. The van der Waals surface area contributed by atoms with Crippen molar-refractivity contribution in [3.05, 3.63) is 87.8 Å². The molecule has 0 N–H and O–H groups in total. The van der Waals surface area contributed by atoms with Gasteiger partial charge in [-0.25, -0.2) is 4.79 Å². The lowest BCUT2D eigenvalue weighted by molar-refractivity contribution is -0.154. The van der Waals surface area contributed by atoms with Crippen LogP contribution in [0.2, 0.25) is 0 Å². The molecule has 8 nitrogen and oxygen atoms in total. The average molecular weight is 571 g/mol. The van der Waals surface area contributed by atoms with E-state index in [-0.39, 0.29) is 16.9 Å². The number of carbonyl (C=O) groups is 1. The standard InChI is InChI=1S/C30H25F3O8/c1-5-17-6-9-19(10-7-17)40-28-26(35)21-12-11-20(16-22(21)41-29(28)30(31,32)33)39-25(34)13-8-18-14-23(36-2)27(38-4)24(15-18)37-3/h6-16H,5H2,1-4H3. The van der Waals surface area contributed by atoms with Crippen LogP contribution in [0.3, 0.4) is 0 Å². The van der Waals surface area contributed by atoms with Crippen molar-refractivity contribution >= 4 is 23.0 Å². The highest BCUT2D eigenvalue weighted by atomic mass is 19.4. The minimum atomic E-state index is -5.04. The first-order chi connectivity index (χ1) is 19.6. The lowest BCUT2D eigenvalue weighted by atomic mass is 10.1. The van der Waals surface area contributed by atoms with E-state index < -0.39 is 34.7 Å². The molecule has 0 atom stereocenters. The van der Waals surface area contributed by atoms with E-state index in [0.29, 0.717) is 22.8 Å². The number of hydrogen-bond donors (Lipinski definition) is 0. The van der Waals surface area contributed by atoms with Crippen molar-refractivity contribution in [2.75, 3.05) is 21.3 Å². The average Bonchev–Trinajstić information content (AvgIpc) is 2.96. The summed E-state index contributed by atoms with van der Waals surface area (Å²) >= 11 is 0. The number of alkyl halides is 3. The molecule has 4 rings (SSSR count). The van der Waals surface area contributed by atoms with Crippen LogP contribution in [-0.2, 0) is 17.4 Å². The molecule has 4 aromatic rings. The van der Waals surface area contributed by atoms with Gasteiger partial charge in [0.25, 0.3) is 5.76 Å². The van der Waals surface area contributed by atoms with Crippen molar-refractivity contribution in [3.8, 4) is 34.5 Å². The maximum absolute atomic E-state index is 13.9. The Morgan fingerprint density at radius 2 is 1.51 bits per heavy atom. The largest absolute Gasteiger partial charge is 0.493 e. The molecule has 0 aliphatic heterocycles. The Hall–Kier alpha value is -4.93. The lowest BCUT2D eigenvalue weighted by Gasteiger charge is -2.14. The molecule has 1 heterocycles. The van der Waals surface area contributed by atoms with Crippen molar-refractivity contribution in [3.63, 3.8) is 0 Å². The molecule has 0 aliphatic carbocycles. The minimum Gasteiger partial charge on any atom is -0.493 e. The Labute approximate surface area is 232 Å². The number of carbonyl (C=O) groups excluding carboxylic acids is 1. The fourth-order valence-electron chi connectivity index (χ4n) is 3.92. The van der Waals surface area contributed by atoms with Crippen LogP contribution in [0.5, 0.6) is 34.5 Å². The molecular formula is C30H25F3O8. The van der Waals surface area contributed by atoms with Gasteiger partial charge in [0.2, 0.25) is 16.9 Å². The van der Waals surface area contributed by atoms with Crippen LogP contribution in [0, 0.1) is 0 Å². The summed E-state index contributed by atoms with van der Waals surface area (Å²) < 4.78 is 73.1. The van der Waals surface area contributed by atoms with Crippen molar-refractivity contribution in [2.24, 2.45) is 0 Å². The molecule has 11 heteroatoms. The Kier molecular flexibility index (Phi) is 8.56. The van der Waals surface area contributed by atoms with Gasteiger partial charge in [-0.05, 0) is 60.0 Å². The van der Waals surface area contributed by atoms with Gasteiger partial charge in [-0.1, -0.05) is 19.1 Å². The van der Waals surface area contributed by atoms with Crippen molar-refractivity contribution in [1.82, 2.24) is 0 Å². The van der Waals surface area contributed by atoms with Crippen molar-refractivity contribution in [1.29, 1.82) is 0 Å². The first-order valence-corrected chi connectivity index (χ1v) is 12.2. The molecule has 214 valence electrons. The molecule has 41 heavy (non-hydrogen) atoms. The van der Waals surface area contributed by atoms with Gasteiger partial charge in [0, 0.05) is 12.1 Å². The second-order valence-electron chi connectivity index (χ2n) is 8.56. The monoisotopic (exact) mass is 570 g/mol. The minimum absolute atomic E-state index is 0.0452. The topological polar surface area (TPSA) is 93.4 Å². The highest BCUT2D eigenvalue weighted by molar-refractivity contribution is 5.90. The van der Waals surface area contributed by atoms with E-state index in [1.165, 1.54) is 51.7 Å². The van der Waals surface area contributed by atoms with Crippen LogP contribution < -0.4 is 29.1 Å². The Morgan fingerprint density at radius 3 is 2.07 bits per heavy atom. The molecule has 0 spiro atoms. The number of aryl methyl sites for hydroxylation is 1. The van der Waals surface area contributed by atoms with Gasteiger partial charge < -0.3 is 28.1 Å². The van der Waals surface area contributed by atoms with E-state index in [1.54, 1.807) is 24.3 Å². The maximum Gasteiger partial charge on any atom is 0.453 e. The molecule has 0 radical (unpaired) electrons. The highest BCUT2D eigenvalue weighted by Crippen LogP contribution is 2.40. The third kappa shape index (κ3) is 6.46. The third-order valence-electron chi connectivity index (χ3n) is 5.95. The zero-order valence-electron chi connectivity index (χ0n) is 22.5. The third-order valence-corrected chi connectivity index (χ3v) is 5.95. The summed E-state index contributed by atoms with van der Waals surface area (Å²) in [6.45, 7) is 1.92. The molecule has 0 unspecified atom stereocenters. The van der Waals surface area contributed by atoms with Crippen LogP contribution in [0.25, 0.3) is 17.0 Å². The number of ether oxygens (including phenoxy) is 5. The van der Waals surface area contributed by atoms with Crippen LogP contribution >= 0.6 is 0 Å². The molecular weight excluding hydrogens is 545 g/mol. The second-order valence-corrected chi connectivity index (χ2v) is 8.56. The summed E-state index contributed by atoms with van der Waals surface area (Å²) in [5, 5.41) is -0.189. The van der Waals surface area contributed by atoms with Gasteiger partial charge in [-0.3, -0.25) is 4.79 Å². The number of benzene rings is 3. The van der Waals surface area contributed by atoms with Gasteiger partial charge in [-0.2, -0.15) is 13.2 Å². The van der Waals surface area contributed by atoms with Gasteiger partial charge in [-0.15, -0.1) is 0 Å². The molecule has 0 aliphatic rings. The quantitative estimate of drug-likeness (QED) is 0.123. The normalized spacial score (nSPS) is 11.5. The summed E-state index contributed by atoms with van der Waals surface area (Å²) in [5.74, 6) is -2.44. The fourth-order valence-corrected chi connectivity index (χ4v) is 3.92. The number of methoxy groups -OCH3 is 3. The first-order valence-electron chi connectivity index (χ1n) is 12.2. The van der Waals surface area contributed by atoms with Crippen molar-refractivity contribution in [2.45, 2.75) is 19.5 Å². The Bertz CT molecular complexity index is 1630. The Morgan fingerprint density at radius 1 is 0.878 bits per heavy atom. The Balaban J connectivity index is 1.62. The maximum atomic E-state index is 13.9. The van der Waals surface area contributed by atoms with E-state index in [1.807, 2.05) is 6.92 Å². The number of hydrogen-bond acceptors (Lipinski definition) is 8. The smallest absolute Gasteiger partial charge is 0.453 e. The second kappa shape index (κ2) is 12.1. The van der Waals surface area contributed by atoms with E-state index >= 15 is 0 Å². The van der Waals surface area contributed by atoms with E-state index in [0.717, 1.165) is 24.1 Å². The predicted octanol–water partition coefficient (Wildman–Crippen LogP) is 6.81. The van der Waals surface area contributed by atoms with Crippen LogP contribution in [0.1, 0.15) is 23.8 Å². The fraction of sp³-hybridized carbons (Fsp3) is 0.200.